The molecule has 98 valence electrons. The number of carboxylic acid groups (broad SMARTS) is 1. The highest BCUT2D eigenvalue weighted by atomic mass is 16.5. The second-order valence-electron chi connectivity index (χ2n) is 4.38. The Morgan fingerprint density at radius 2 is 2.22 bits per heavy atom. The Kier molecular flexibility index (Phi) is 3.99. The zero-order chi connectivity index (χ0) is 13.0. The van der Waals surface area contributed by atoms with Crippen molar-refractivity contribution in [3.05, 3.63) is 17.8 Å². The number of nitrogens with two attached hydrogens (primary N) is 1. The molecule has 18 heavy (non-hydrogen) atoms. The highest BCUT2D eigenvalue weighted by molar-refractivity contribution is 5.86. The average molecular weight is 251 g/mol. The third-order valence-electron chi connectivity index (χ3n) is 3.04. The summed E-state index contributed by atoms with van der Waals surface area (Å²) in [5, 5.41) is 12.0. The van der Waals surface area contributed by atoms with Crippen molar-refractivity contribution in [3.8, 4) is 0 Å². The monoisotopic (exact) mass is 251 g/mol. The molecule has 1 aliphatic heterocycles. The van der Waals surface area contributed by atoms with Crippen molar-refractivity contribution in [1.29, 1.82) is 0 Å². The van der Waals surface area contributed by atoms with Crippen molar-refractivity contribution in [3.63, 3.8) is 0 Å². The van der Waals surface area contributed by atoms with E-state index in [9.17, 15) is 4.79 Å². The molecule has 0 aromatic carbocycles. The fraction of sp³-hybridized carbons (Fsp3) is 0.500. The van der Waals surface area contributed by atoms with Crippen LogP contribution in [0.3, 0.4) is 0 Å². The van der Waals surface area contributed by atoms with E-state index in [0.29, 0.717) is 17.4 Å². The predicted molar refractivity (Wildman–Crippen MR) is 67.6 cm³/mol. The molecule has 2 heterocycles. The number of nitrogens with one attached hydrogen (secondary N) is 1. The molecule has 2 rings (SSSR count). The lowest BCUT2D eigenvalue weighted by Gasteiger charge is -2.22. The summed E-state index contributed by atoms with van der Waals surface area (Å²) < 4.78 is 5.28. The standard InChI is InChI=1S/C12H17N3O3/c13-9-1-2-10(12(16)17)15-11(9)14-7-8-3-5-18-6-4-8/h1-2,8H,3-7,13H2,(H,14,15)(H,16,17). The van der Waals surface area contributed by atoms with E-state index < -0.39 is 5.97 Å². The third-order valence-corrected chi connectivity index (χ3v) is 3.04. The first-order valence-electron chi connectivity index (χ1n) is 5.98. The minimum absolute atomic E-state index is 0.00122. The maximum atomic E-state index is 10.8. The van der Waals surface area contributed by atoms with Crippen LogP contribution in [0.4, 0.5) is 11.5 Å². The first-order chi connectivity index (χ1) is 8.66. The summed E-state index contributed by atoms with van der Waals surface area (Å²) in [5.41, 5.74) is 6.23. The Morgan fingerprint density at radius 3 is 2.89 bits per heavy atom. The summed E-state index contributed by atoms with van der Waals surface area (Å²) in [5.74, 6) is -0.0843. The average Bonchev–Trinajstić information content (AvgIpc) is 2.38. The smallest absolute Gasteiger partial charge is 0.354 e. The molecule has 1 saturated heterocycles. The van der Waals surface area contributed by atoms with Crippen LogP contribution >= 0.6 is 0 Å². The first-order valence-corrected chi connectivity index (χ1v) is 5.98. The van der Waals surface area contributed by atoms with Gasteiger partial charge in [0.1, 0.15) is 5.82 Å². The number of aromatic nitrogens is 1. The SMILES string of the molecule is Nc1ccc(C(=O)O)nc1NCC1CCOCC1. The number of hydrogen-bond acceptors (Lipinski definition) is 5. The van der Waals surface area contributed by atoms with Crippen molar-refractivity contribution in [2.45, 2.75) is 12.8 Å². The number of aromatic carboxylic acids is 1. The van der Waals surface area contributed by atoms with E-state index in [4.69, 9.17) is 15.6 Å². The predicted octanol–water partition coefficient (Wildman–Crippen LogP) is 1.20. The quantitative estimate of drug-likeness (QED) is 0.744. The number of hydrogen-bond donors (Lipinski definition) is 3. The second-order valence-corrected chi connectivity index (χ2v) is 4.38. The molecule has 6 nitrogen and oxygen atoms in total. The van der Waals surface area contributed by atoms with Gasteiger partial charge in [-0.1, -0.05) is 0 Å². The molecule has 0 aliphatic carbocycles. The van der Waals surface area contributed by atoms with Gasteiger partial charge < -0.3 is 20.9 Å². The minimum Gasteiger partial charge on any atom is -0.477 e. The number of ether oxygens (including phenoxy) is 1. The van der Waals surface area contributed by atoms with Crippen molar-refractivity contribution in [2.75, 3.05) is 30.8 Å². The van der Waals surface area contributed by atoms with E-state index in [1.54, 1.807) is 6.07 Å². The Bertz CT molecular complexity index is 431. The molecule has 0 atom stereocenters. The number of carboxylic acids is 1. The van der Waals surface area contributed by atoms with Crippen LogP contribution in [0.15, 0.2) is 12.1 Å². The molecule has 1 aromatic heterocycles. The molecule has 0 radical (unpaired) electrons. The number of rotatable bonds is 4. The van der Waals surface area contributed by atoms with Gasteiger partial charge in [-0.2, -0.15) is 0 Å². The lowest BCUT2D eigenvalue weighted by atomic mass is 10.0. The van der Waals surface area contributed by atoms with Crippen LogP contribution in [-0.2, 0) is 4.74 Å². The number of nitrogens with zero attached hydrogens (tertiary/aromatic N) is 1. The normalized spacial score (nSPS) is 16.4. The summed E-state index contributed by atoms with van der Waals surface area (Å²) in [6, 6.07) is 2.96. The lowest BCUT2D eigenvalue weighted by molar-refractivity contribution is 0.0690. The molecular formula is C12H17N3O3. The van der Waals surface area contributed by atoms with E-state index in [2.05, 4.69) is 10.3 Å². The van der Waals surface area contributed by atoms with Gasteiger partial charge in [-0.05, 0) is 30.9 Å². The van der Waals surface area contributed by atoms with Gasteiger partial charge in [0.05, 0.1) is 5.69 Å². The minimum atomic E-state index is -1.05. The maximum Gasteiger partial charge on any atom is 0.354 e. The van der Waals surface area contributed by atoms with Crippen molar-refractivity contribution in [1.82, 2.24) is 4.98 Å². The lowest BCUT2D eigenvalue weighted by Crippen LogP contribution is -2.23. The Hall–Kier alpha value is -1.82. The fourth-order valence-corrected chi connectivity index (χ4v) is 1.92. The van der Waals surface area contributed by atoms with E-state index in [0.717, 1.165) is 32.6 Å². The van der Waals surface area contributed by atoms with Gasteiger partial charge in [0.2, 0.25) is 0 Å². The van der Waals surface area contributed by atoms with Gasteiger partial charge in [0.25, 0.3) is 0 Å². The van der Waals surface area contributed by atoms with Gasteiger partial charge in [-0.15, -0.1) is 0 Å². The summed E-state index contributed by atoms with van der Waals surface area (Å²) in [4.78, 5) is 14.8. The summed E-state index contributed by atoms with van der Waals surface area (Å²) in [6.45, 7) is 2.30. The Labute approximate surface area is 105 Å². The van der Waals surface area contributed by atoms with Crippen molar-refractivity contribution in [2.24, 2.45) is 5.92 Å². The highest BCUT2D eigenvalue weighted by Gasteiger charge is 2.15. The molecule has 6 heteroatoms. The number of pyridine rings is 1. The molecule has 0 unspecified atom stereocenters. The maximum absolute atomic E-state index is 10.8. The van der Waals surface area contributed by atoms with E-state index >= 15 is 0 Å². The Balaban J connectivity index is 1.99. The third kappa shape index (κ3) is 3.10. The molecule has 1 fully saturated rings. The zero-order valence-corrected chi connectivity index (χ0v) is 10.1. The van der Waals surface area contributed by atoms with Gasteiger partial charge in [-0.25, -0.2) is 9.78 Å². The van der Waals surface area contributed by atoms with E-state index in [1.807, 2.05) is 0 Å². The summed E-state index contributed by atoms with van der Waals surface area (Å²) in [6.07, 6.45) is 2.01. The van der Waals surface area contributed by atoms with Gasteiger partial charge in [0, 0.05) is 19.8 Å². The summed E-state index contributed by atoms with van der Waals surface area (Å²) in [7, 11) is 0. The fourth-order valence-electron chi connectivity index (χ4n) is 1.92. The first kappa shape index (κ1) is 12.6. The largest absolute Gasteiger partial charge is 0.477 e. The van der Waals surface area contributed by atoms with Crippen molar-refractivity contribution >= 4 is 17.5 Å². The topological polar surface area (TPSA) is 97.5 Å². The molecule has 4 N–H and O–H groups in total. The van der Waals surface area contributed by atoms with Crippen LogP contribution in [0.2, 0.25) is 0 Å². The van der Waals surface area contributed by atoms with Gasteiger partial charge in [0.15, 0.2) is 5.69 Å². The van der Waals surface area contributed by atoms with E-state index in [1.165, 1.54) is 6.07 Å². The highest BCUT2D eigenvalue weighted by Crippen LogP contribution is 2.19. The molecule has 1 aliphatic rings. The van der Waals surface area contributed by atoms with Crippen LogP contribution in [0.1, 0.15) is 23.3 Å². The second kappa shape index (κ2) is 5.68. The van der Waals surface area contributed by atoms with Crippen LogP contribution < -0.4 is 11.1 Å². The van der Waals surface area contributed by atoms with Crippen LogP contribution in [-0.4, -0.2) is 35.8 Å². The van der Waals surface area contributed by atoms with Crippen molar-refractivity contribution < 1.29 is 14.6 Å². The molecule has 0 bridgehead atoms. The van der Waals surface area contributed by atoms with Gasteiger partial charge in [-0.3, -0.25) is 0 Å². The van der Waals surface area contributed by atoms with Crippen LogP contribution in [0, 0.1) is 5.92 Å². The molecule has 0 amide bonds. The molecule has 0 spiro atoms. The number of nitrogen functional groups attached to an aromatic ring is 1. The summed E-state index contributed by atoms with van der Waals surface area (Å²) >= 11 is 0. The Morgan fingerprint density at radius 1 is 1.50 bits per heavy atom. The molecule has 1 aromatic rings. The van der Waals surface area contributed by atoms with Crippen LogP contribution in [0.25, 0.3) is 0 Å². The zero-order valence-electron chi connectivity index (χ0n) is 10.1. The number of carbonyl (C=O) groups is 1. The molecular weight excluding hydrogens is 234 g/mol. The number of anilines is 2. The van der Waals surface area contributed by atoms with E-state index in [-0.39, 0.29) is 5.69 Å². The van der Waals surface area contributed by atoms with Gasteiger partial charge >= 0.3 is 5.97 Å². The van der Waals surface area contributed by atoms with Crippen LogP contribution in [0.5, 0.6) is 0 Å². The molecule has 0 saturated carbocycles.